The lowest BCUT2D eigenvalue weighted by Crippen LogP contribution is -2.35. The molecule has 1 amide bonds. The minimum atomic E-state index is -0.429. The van der Waals surface area contributed by atoms with Crippen molar-refractivity contribution in [3.05, 3.63) is 33.9 Å². The fourth-order valence-corrected chi connectivity index (χ4v) is 1.48. The van der Waals surface area contributed by atoms with Crippen LogP contribution in [-0.2, 0) is 4.79 Å². The molecule has 6 heteroatoms. The average Bonchev–Trinajstić information content (AvgIpc) is 2.27. The molecule has 1 aromatic rings. The number of amides is 1. The molecule has 0 saturated carbocycles. The van der Waals surface area contributed by atoms with Crippen LogP contribution >= 0.6 is 0 Å². The minimum absolute atomic E-state index is 0.0724. The summed E-state index contributed by atoms with van der Waals surface area (Å²) in [5, 5.41) is 16.1. The number of nitrogens with zero attached hydrogens (tertiary/aromatic N) is 1. The van der Waals surface area contributed by atoms with Crippen molar-refractivity contribution < 1.29 is 9.72 Å². The minimum Gasteiger partial charge on any atom is -0.374 e. The van der Waals surface area contributed by atoms with E-state index in [2.05, 4.69) is 10.6 Å². The molecule has 1 aromatic carbocycles. The lowest BCUT2D eigenvalue weighted by Gasteiger charge is -2.13. The van der Waals surface area contributed by atoms with E-state index in [1.54, 1.807) is 33.0 Å². The van der Waals surface area contributed by atoms with Gasteiger partial charge in [0.15, 0.2) is 0 Å². The van der Waals surface area contributed by atoms with E-state index in [0.717, 1.165) is 0 Å². The molecule has 0 aliphatic heterocycles. The molecule has 0 spiro atoms. The van der Waals surface area contributed by atoms with Crippen molar-refractivity contribution >= 4 is 17.3 Å². The fourth-order valence-electron chi connectivity index (χ4n) is 1.48. The van der Waals surface area contributed by atoms with Crippen LogP contribution in [0.5, 0.6) is 0 Å². The van der Waals surface area contributed by atoms with Gasteiger partial charge in [-0.15, -0.1) is 0 Å². The summed E-state index contributed by atoms with van der Waals surface area (Å²) in [6, 6.07) is 4.27. The summed E-state index contributed by atoms with van der Waals surface area (Å²) in [5.74, 6) is -0.138. The quantitative estimate of drug-likeness (QED) is 0.613. The van der Waals surface area contributed by atoms with E-state index in [9.17, 15) is 14.9 Å². The molecule has 1 rings (SSSR count). The van der Waals surface area contributed by atoms with Crippen LogP contribution in [0.25, 0.3) is 0 Å². The van der Waals surface area contributed by atoms with E-state index in [0.29, 0.717) is 11.3 Å². The second-order valence-electron chi connectivity index (χ2n) is 3.74. The molecule has 0 aromatic heterocycles. The number of hydrogen-bond acceptors (Lipinski definition) is 4. The van der Waals surface area contributed by atoms with Crippen molar-refractivity contribution in [3.63, 3.8) is 0 Å². The van der Waals surface area contributed by atoms with Gasteiger partial charge in [0.25, 0.3) is 5.69 Å². The second kappa shape index (κ2) is 5.29. The molecule has 17 heavy (non-hydrogen) atoms. The number of rotatable bonds is 4. The Morgan fingerprint density at radius 1 is 1.47 bits per heavy atom. The maximum Gasteiger partial charge on any atom is 0.272 e. The van der Waals surface area contributed by atoms with E-state index in [-0.39, 0.29) is 17.6 Å². The van der Waals surface area contributed by atoms with Crippen molar-refractivity contribution in [1.29, 1.82) is 0 Å². The topological polar surface area (TPSA) is 84.3 Å². The standard InChI is InChI=1S/C11H15N3O3/c1-7-6-9(4-5-10(7)14(16)17)13-8(2)11(15)12-3/h4-6,8,13H,1-3H3,(H,12,15). The summed E-state index contributed by atoms with van der Waals surface area (Å²) >= 11 is 0. The summed E-state index contributed by atoms with van der Waals surface area (Å²) in [7, 11) is 1.56. The van der Waals surface area contributed by atoms with Crippen LogP contribution in [-0.4, -0.2) is 23.9 Å². The van der Waals surface area contributed by atoms with Crippen LogP contribution in [0, 0.1) is 17.0 Å². The van der Waals surface area contributed by atoms with E-state index < -0.39 is 4.92 Å². The Balaban J connectivity index is 2.84. The van der Waals surface area contributed by atoms with Crippen molar-refractivity contribution in [2.75, 3.05) is 12.4 Å². The van der Waals surface area contributed by atoms with Gasteiger partial charge in [-0.1, -0.05) is 0 Å². The number of nitro groups is 1. The monoisotopic (exact) mass is 237 g/mol. The third-order valence-corrected chi connectivity index (χ3v) is 2.42. The molecule has 0 saturated heterocycles. The number of carbonyl (C=O) groups excluding carboxylic acids is 1. The van der Waals surface area contributed by atoms with Crippen LogP contribution in [0.2, 0.25) is 0 Å². The number of carbonyl (C=O) groups is 1. The summed E-state index contributed by atoms with van der Waals surface area (Å²) in [6.45, 7) is 3.38. The molecule has 6 nitrogen and oxygen atoms in total. The first-order chi connectivity index (χ1) is 7.95. The van der Waals surface area contributed by atoms with Gasteiger partial charge in [-0.3, -0.25) is 14.9 Å². The highest BCUT2D eigenvalue weighted by Crippen LogP contribution is 2.21. The fraction of sp³-hybridized carbons (Fsp3) is 0.364. The zero-order valence-electron chi connectivity index (χ0n) is 9.98. The molecule has 0 radical (unpaired) electrons. The molecule has 0 bridgehead atoms. The van der Waals surface area contributed by atoms with Crippen molar-refractivity contribution in [3.8, 4) is 0 Å². The largest absolute Gasteiger partial charge is 0.374 e. The molecule has 0 aliphatic carbocycles. The first kappa shape index (κ1) is 13.0. The van der Waals surface area contributed by atoms with Crippen molar-refractivity contribution in [1.82, 2.24) is 5.32 Å². The van der Waals surface area contributed by atoms with Gasteiger partial charge in [0, 0.05) is 24.4 Å². The summed E-state index contributed by atoms with van der Waals surface area (Å²) in [6.07, 6.45) is 0. The highest BCUT2D eigenvalue weighted by atomic mass is 16.6. The van der Waals surface area contributed by atoms with Crippen LogP contribution < -0.4 is 10.6 Å². The zero-order chi connectivity index (χ0) is 13.0. The van der Waals surface area contributed by atoms with Gasteiger partial charge in [0.05, 0.1) is 4.92 Å². The lowest BCUT2D eigenvalue weighted by molar-refractivity contribution is -0.385. The van der Waals surface area contributed by atoms with Gasteiger partial charge >= 0.3 is 0 Å². The van der Waals surface area contributed by atoms with Gasteiger partial charge in [-0.05, 0) is 26.0 Å². The molecular formula is C11H15N3O3. The number of anilines is 1. The molecule has 0 heterocycles. The van der Waals surface area contributed by atoms with Crippen LogP contribution in [0.15, 0.2) is 18.2 Å². The zero-order valence-corrected chi connectivity index (χ0v) is 9.98. The Labute approximate surface area is 99.2 Å². The predicted octanol–water partition coefficient (Wildman–Crippen LogP) is 1.45. The first-order valence-electron chi connectivity index (χ1n) is 5.19. The Bertz CT molecular complexity index is 446. The first-order valence-corrected chi connectivity index (χ1v) is 5.19. The summed E-state index contributed by atoms with van der Waals surface area (Å²) < 4.78 is 0. The maximum absolute atomic E-state index is 11.3. The number of likely N-dealkylation sites (N-methyl/N-ethyl adjacent to an activating group) is 1. The van der Waals surface area contributed by atoms with E-state index in [1.165, 1.54) is 6.07 Å². The summed E-state index contributed by atoms with van der Waals surface area (Å²) in [5.41, 5.74) is 1.32. The maximum atomic E-state index is 11.3. The van der Waals surface area contributed by atoms with Crippen molar-refractivity contribution in [2.45, 2.75) is 19.9 Å². The van der Waals surface area contributed by atoms with Gasteiger partial charge in [0.1, 0.15) is 6.04 Å². The number of nitro benzene ring substituents is 1. The molecule has 1 atom stereocenters. The third kappa shape index (κ3) is 3.17. The lowest BCUT2D eigenvalue weighted by atomic mass is 10.1. The number of aryl methyl sites for hydroxylation is 1. The Hall–Kier alpha value is -2.11. The van der Waals surface area contributed by atoms with Gasteiger partial charge in [0.2, 0.25) is 5.91 Å². The molecule has 0 fully saturated rings. The average molecular weight is 237 g/mol. The molecule has 1 unspecified atom stereocenters. The molecular weight excluding hydrogens is 222 g/mol. The Kier molecular flexibility index (Phi) is 4.03. The SMILES string of the molecule is CNC(=O)C(C)Nc1ccc([N+](=O)[O-])c(C)c1. The number of hydrogen-bond donors (Lipinski definition) is 2. The smallest absolute Gasteiger partial charge is 0.272 e. The second-order valence-corrected chi connectivity index (χ2v) is 3.74. The third-order valence-electron chi connectivity index (χ3n) is 2.42. The van der Waals surface area contributed by atoms with E-state index in [4.69, 9.17) is 0 Å². The van der Waals surface area contributed by atoms with Crippen LogP contribution in [0.3, 0.4) is 0 Å². The highest BCUT2D eigenvalue weighted by molar-refractivity contribution is 5.83. The van der Waals surface area contributed by atoms with E-state index >= 15 is 0 Å². The van der Waals surface area contributed by atoms with Gasteiger partial charge in [-0.25, -0.2) is 0 Å². The molecule has 0 aliphatic rings. The van der Waals surface area contributed by atoms with Crippen LogP contribution in [0.4, 0.5) is 11.4 Å². The van der Waals surface area contributed by atoms with Gasteiger partial charge < -0.3 is 10.6 Å². The summed E-state index contributed by atoms with van der Waals surface area (Å²) in [4.78, 5) is 21.5. The van der Waals surface area contributed by atoms with Crippen molar-refractivity contribution in [2.24, 2.45) is 0 Å². The Morgan fingerprint density at radius 3 is 2.59 bits per heavy atom. The number of benzene rings is 1. The predicted molar refractivity (Wildman–Crippen MR) is 65.0 cm³/mol. The molecule has 2 N–H and O–H groups in total. The van der Waals surface area contributed by atoms with Crippen LogP contribution in [0.1, 0.15) is 12.5 Å². The molecule has 92 valence electrons. The van der Waals surface area contributed by atoms with Gasteiger partial charge in [-0.2, -0.15) is 0 Å². The van der Waals surface area contributed by atoms with E-state index in [1.807, 2.05) is 0 Å². The normalized spacial score (nSPS) is 11.7. The highest BCUT2D eigenvalue weighted by Gasteiger charge is 2.13. The number of nitrogens with one attached hydrogen (secondary N) is 2. The Morgan fingerprint density at radius 2 is 2.12 bits per heavy atom.